The van der Waals surface area contributed by atoms with Gasteiger partial charge in [0.15, 0.2) is 5.96 Å². The standard InChI is InChI=1S/C25H41N5O2.HI/c1-3-26-25(30-16-12-22(13-17-30)24(31)32-4-2)27-14-8-9-15-28-18-20-29(21-19-28)23-10-6-5-7-11-23;/h5-7,10-11,22H,3-4,8-9,12-21H2,1-2H3,(H,26,27);1H. The number of benzene rings is 1. The summed E-state index contributed by atoms with van der Waals surface area (Å²) in [5, 5.41) is 3.43. The fraction of sp³-hybridized carbons (Fsp3) is 0.680. The van der Waals surface area contributed by atoms with E-state index in [4.69, 9.17) is 9.73 Å². The van der Waals surface area contributed by atoms with E-state index in [1.54, 1.807) is 0 Å². The Morgan fingerprint density at radius 3 is 2.36 bits per heavy atom. The predicted molar refractivity (Wildman–Crippen MR) is 147 cm³/mol. The van der Waals surface area contributed by atoms with Crippen LogP contribution in [0.15, 0.2) is 35.3 Å². The van der Waals surface area contributed by atoms with Gasteiger partial charge in [-0.05, 0) is 58.2 Å². The van der Waals surface area contributed by atoms with Gasteiger partial charge in [-0.1, -0.05) is 18.2 Å². The number of unbranched alkanes of at least 4 members (excludes halogenated alkanes) is 1. The molecule has 33 heavy (non-hydrogen) atoms. The number of piperidine rings is 1. The van der Waals surface area contributed by atoms with Crippen LogP contribution in [0.4, 0.5) is 5.69 Å². The lowest BCUT2D eigenvalue weighted by Gasteiger charge is -2.36. The number of nitrogens with zero attached hydrogens (tertiary/aromatic N) is 4. The van der Waals surface area contributed by atoms with E-state index in [9.17, 15) is 4.79 Å². The van der Waals surface area contributed by atoms with E-state index in [2.05, 4.69) is 57.3 Å². The summed E-state index contributed by atoms with van der Waals surface area (Å²) in [5.41, 5.74) is 1.34. The second-order valence-corrected chi connectivity index (χ2v) is 8.62. The van der Waals surface area contributed by atoms with E-state index in [-0.39, 0.29) is 35.9 Å². The number of halogens is 1. The Morgan fingerprint density at radius 2 is 1.73 bits per heavy atom. The van der Waals surface area contributed by atoms with Crippen molar-refractivity contribution in [2.24, 2.45) is 10.9 Å². The molecular formula is C25H42IN5O2. The fourth-order valence-corrected chi connectivity index (χ4v) is 4.51. The van der Waals surface area contributed by atoms with E-state index < -0.39 is 0 Å². The van der Waals surface area contributed by atoms with Crippen LogP contribution in [0.25, 0.3) is 0 Å². The number of nitrogens with one attached hydrogen (secondary N) is 1. The molecule has 8 heteroatoms. The predicted octanol–water partition coefficient (Wildman–Crippen LogP) is 3.45. The van der Waals surface area contributed by atoms with Crippen molar-refractivity contribution in [2.75, 3.05) is 70.4 Å². The van der Waals surface area contributed by atoms with Gasteiger partial charge in [-0.2, -0.15) is 0 Å². The molecule has 0 amide bonds. The molecule has 0 atom stereocenters. The van der Waals surface area contributed by atoms with Crippen molar-refractivity contribution >= 4 is 41.6 Å². The first kappa shape index (κ1) is 27.7. The van der Waals surface area contributed by atoms with E-state index >= 15 is 0 Å². The number of anilines is 1. The van der Waals surface area contributed by atoms with Gasteiger partial charge in [0.05, 0.1) is 12.5 Å². The van der Waals surface area contributed by atoms with Crippen LogP contribution in [0.2, 0.25) is 0 Å². The third-order valence-electron chi connectivity index (χ3n) is 6.39. The molecule has 0 unspecified atom stereocenters. The van der Waals surface area contributed by atoms with Crippen molar-refractivity contribution in [3.63, 3.8) is 0 Å². The summed E-state index contributed by atoms with van der Waals surface area (Å²) in [4.78, 5) is 24.2. The van der Waals surface area contributed by atoms with Gasteiger partial charge in [-0.3, -0.25) is 14.7 Å². The molecule has 0 spiro atoms. The van der Waals surface area contributed by atoms with Gasteiger partial charge in [-0.25, -0.2) is 0 Å². The minimum absolute atomic E-state index is 0. The molecule has 1 aromatic rings. The van der Waals surface area contributed by atoms with Gasteiger partial charge in [0, 0.05) is 58.0 Å². The maximum atomic E-state index is 12.0. The number of guanidine groups is 1. The van der Waals surface area contributed by atoms with Gasteiger partial charge >= 0.3 is 5.97 Å². The van der Waals surface area contributed by atoms with E-state index in [1.165, 1.54) is 12.1 Å². The average molecular weight is 572 g/mol. The molecule has 186 valence electrons. The van der Waals surface area contributed by atoms with Gasteiger partial charge < -0.3 is 19.9 Å². The highest BCUT2D eigenvalue weighted by molar-refractivity contribution is 14.0. The van der Waals surface area contributed by atoms with E-state index in [0.717, 1.165) is 84.1 Å². The Labute approximate surface area is 216 Å². The topological polar surface area (TPSA) is 60.4 Å². The zero-order chi connectivity index (χ0) is 22.6. The minimum Gasteiger partial charge on any atom is -0.466 e. The summed E-state index contributed by atoms with van der Waals surface area (Å²) in [6.07, 6.45) is 3.97. The first-order valence-corrected chi connectivity index (χ1v) is 12.4. The number of aliphatic imine (C=N–C) groups is 1. The highest BCUT2D eigenvalue weighted by Crippen LogP contribution is 2.19. The summed E-state index contributed by atoms with van der Waals surface area (Å²) in [6, 6.07) is 10.7. The number of piperazine rings is 1. The highest BCUT2D eigenvalue weighted by atomic mass is 127. The van der Waals surface area contributed by atoms with Crippen LogP contribution >= 0.6 is 24.0 Å². The molecule has 0 aromatic heterocycles. The molecule has 7 nitrogen and oxygen atoms in total. The third kappa shape index (κ3) is 8.96. The molecule has 2 fully saturated rings. The molecule has 0 radical (unpaired) electrons. The summed E-state index contributed by atoms with van der Waals surface area (Å²) in [5.74, 6) is 0.987. The van der Waals surface area contributed by atoms with Crippen LogP contribution < -0.4 is 10.2 Å². The molecule has 1 aromatic carbocycles. The van der Waals surface area contributed by atoms with Crippen molar-refractivity contribution in [1.29, 1.82) is 0 Å². The second kappa shape index (κ2) is 15.4. The Morgan fingerprint density at radius 1 is 1.03 bits per heavy atom. The SMILES string of the molecule is CCNC(=NCCCCN1CCN(c2ccccc2)CC1)N1CCC(C(=O)OCC)CC1.I. The molecule has 3 rings (SSSR count). The molecule has 1 N–H and O–H groups in total. The largest absolute Gasteiger partial charge is 0.466 e. The maximum absolute atomic E-state index is 12.0. The molecule has 0 aliphatic carbocycles. The monoisotopic (exact) mass is 571 g/mol. The van der Waals surface area contributed by atoms with Crippen molar-refractivity contribution in [3.05, 3.63) is 30.3 Å². The van der Waals surface area contributed by atoms with Gasteiger partial charge in [0.1, 0.15) is 0 Å². The van der Waals surface area contributed by atoms with Crippen molar-refractivity contribution in [2.45, 2.75) is 39.5 Å². The van der Waals surface area contributed by atoms with Crippen molar-refractivity contribution in [3.8, 4) is 0 Å². The molecular weight excluding hydrogens is 529 g/mol. The number of carbonyl (C=O) groups is 1. The zero-order valence-electron chi connectivity index (χ0n) is 20.4. The third-order valence-corrected chi connectivity index (χ3v) is 6.39. The van der Waals surface area contributed by atoms with E-state index in [0.29, 0.717) is 6.61 Å². The molecule has 2 aliphatic rings. The van der Waals surface area contributed by atoms with E-state index in [1.807, 2.05) is 6.92 Å². The average Bonchev–Trinajstić information content (AvgIpc) is 2.84. The number of rotatable bonds is 9. The molecule has 2 saturated heterocycles. The van der Waals surface area contributed by atoms with Gasteiger partial charge in [-0.15, -0.1) is 24.0 Å². The van der Waals surface area contributed by atoms with Crippen molar-refractivity contribution < 1.29 is 9.53 Å². The summed E-state index contributed by atoms with van der Waals surface area (Å²) >= 11 is 0. The van der Waals surface area contributed by atoms with Crippen LogP contribution in [0.5, 0.6) is 0 Å². The van der Waals surface area contributed by atoms with Crippen LogP contribution in [-0.2, 0) is 9.53 Å². The first-order valence-electron chi connectivity index (χ1n) is 12.4. The Hall–Kier alpha value is -1.55. The lowest BCUT2D eigenvalue weighted by atomic mass is 9.97. The number of para-hydroxylation sites is 1. The highest BCUT2D eigenvalue weighted by Gasteiger charge is 2.27. The Bertz CT molecular complexity index is 702. The maximum Gasteiger partial charge on any atom is 0.309 e. The molecule has 0 saturated carbocycles. The van der Waals surface area contributed by atoms with Crippen LogP contribution in [0.3, 0.4) is 0 Å². The zero-order valence-corrected chi connectivity index (χ0v) is 22.7. The van der Waals surface area contributed by atoms with Crippen molar-refractivity contribution in [1.82, 2.24) is 15.1 Å². The fourth-order valence-electron chi connectivity index (χ4n) is 4.51. The molecule has 0 bridgehead atoms. The van der Waals surface area contributed by atoms with Crippen LogP contribution in [0.1, 0.15) is 39.5 Å². The Kier molecular flexibility index (Phi) is 12.9. The number of hydrogen-bond acceptors (Lipinski definition) is 5. The van der Waals surface area contributed by atoms with Crippen LogP contribution in [0, 0.1) is 5.92 Å². The molecule has 2 aliphatic heterocycles. The smallest absolute Gasteiger partial charge is 0.309 e. The summed E-state index contributed by atoms with van der Waals surface area (Å²) in [6.45, 7) is 13.5. The Balaban J connectivity index is 0.00000385. The lowest BCUT2D eigenvalue weighted by Crippen LogP contribution is -2.47. The van der Waals surface area contributed by atoms with Gasteiger partial charge in [0.25, 0.3) is 0 Å². The summed E-state index contributed by atoms with van der Waals surface area (Å²) in [7, 11) is 0. The second-order valence-electron chi connectivity index (χ2n) is 8.62. The first-order chi connectivity index (χ1) is 15.7. The number of hydrogen-bond donors (Lipinski definition) is 1. The quantitative estimate of drug-likeness (QED) is 0.161. The van der Waals surface area contributed by atoms with Crippen LogP contribution in [-0.4, -0.2) is 87.2 Å². The lowest BCUT2D eigenvalue weighted by molar-refractivity contribution is -0.149. The number of esters is 1. The molecule has 2 heterocycles. The summed E-state index contributed by atoms with van der Waals surface area (Å²) < 4.78 is 5.18. The number of ether oxygens (including phenoxy) is 1. The number of carbonyl (C=O) groups excluding carboxylic acids is 1. The minimum atomic E-state index is -0.0429. The number of likely N-dealkylation sites (tertiary alicyclic amines) is 1. The van der Waals surface area contributed by atoms with Gasteiger partial charge in [0.2, 0.25) is 0 Å². The normalized spacial score (nSPS) is 18.1.